The molecule has 0 aliphatic carbocycles. The van der Waals surface area contributed by atoms with Crippen LogP contribution in [0.2, 0.25) is 0 Å². The van der Waals surface area contributed by atoms with Crippen LogP contribution in [-0.2, 0) is 6.61 Å². The Balaban J connectivity index is 1.96. The number of fused-ring (bicyclic) bond motifs is 1. The number of ether oxygens (including phenoxy) is 1. The monoisotopic (exact) mass is 297 g/mol. The SMILES string of the molecule is CC(C)n1c(COc2ccccc2O)cc2ccc(O)cc21. The number of benzene rings is 2. The Morgan fingerprint density at radius 1 is 1.05 bits per heavy atom. The first-order chi connectivity index (χ1) is 10.6. The lowest BCUT2D eigenvalue weighted by atomic mass is 10.2. The average molecular weight is 297 g/mol. The molecule has 0 aliphatic rings. The molecule has 1 heterocycles. The van der Waals surface area contributed by atoms with Crippen molar-refractivity contribution >= 4 is 10.9 Å². The molecule has 0 aliphatic heterocycles. The van der Waals surface area contributed by atoms with Gasteiger partial charge in [-0.05, 0) is 44.2 Å². The van der Waals surface area contributed by atoms with Crippen LogP contribution >= 0.6 is 0 Å². The van der Waals surface area contributed by atoms with Gasteiger partial charge in [-0.1, -0.05) is 12.1 Å². The molecule has 2 N–H and O–H groups in total. The molecular formula is C18H19NO3. The van der Waals surface area contributed by atoms with Gasteiger partial charge < -0.3 is 19.5 Å². The molecule has 0 radical (unpaired) electrons. The fourth-order valence-corrected chi connectivity index (χ4v) is 2.72. The first-order valence-corrected chi connectivity index (χ1v) is 7.30. The lowest BCUT2D eigenvalue weighted by Gasteiger charge is -2.15. The summed E-state index contributed by atoms with van der Waals surface area (Å²) in [7, 11) is 0. The maximum absolute atomic E-state index is 9.78. The molecule has 0 atom stereocenters. The second-order valence-electron chi connectivity index (χ2n) is 5.60. The number of hydrogen-bond acceptors (Lipinski definition) is 3. The summed E-state index contributed by atoms with van der Waals surface area (Å²) in [5.41, 5.74) is 1.98. The van der Waals surface area contributed by atoms with E-state index in [2.05, 4.69) is 24.5 Å². The molecule has 3 aromatic rings. The predicted molar refractivity (Wildman–Crippen MR) is 86.4 cm³/mol. The fraction of sp³-hybridized carbons (Fsp3) is 0.222. The van der Waals surface area contributed by atoms with Crippen molar-refractivity contribution in [2.75, 3.05) is 0 Å². The molecule has 0 amide bonds. The van der Waals surface area contributed by atoms with Gasteiger partial charge in [-0.2, -0.15) is 0 Å². The zero-order valence-corrected chi connectivity index (χ0v) is 12.7. The van der Waals surface area contributed by atoms with Gasteiger partial charge in [0.2, 0.25) is 0 Å². The second-order valence-corrected chi connectivity index (χ2v) is 5.60. The Morgan fingerprint density at radius 3 is 2.55 bits per heavy atom. The number of rotatable bonds is 4. The number of phenols is 2. The van der Waals surface area contributed by atoms with Crippen LogP contribution in [0.25, 0.3) is 10.9 Å². The Bertz CT molecular complexity index is 805. The third-order valence-electron chi connectivity index (χ3n) is 3.66. The molecule has 4 nitrogen and oxygen atoms in total. The molecule has 0 bridgehead atoms. The lowest BCUT2D eigenvalue weighted by Crippen LogP contribution is -2.08. The fourth-order valence-electron chi connectivity index (χ4n) is 2.72. The standard InChI is InChI=1S/C18H19NO3/c1-12(2)19-14(9-13-7-8-15(20)10-16(13)19)11-22-18-6-4-3-5-17(18)21/h3-10,12,20-21H,11H2,1-2H3. The van der Waals surface area contributed by atoms with E-state index in [-0.39, 0.29) is 17.5 Å². The van der Waals surface area contributed by atoms with Gasteiger partial charge in [0.25, 0.3) is 0 Å². The topological polar surface area (TPSA) is 54.6 Å². The second kappa shape index (κ2) is 5.64. The number of phenolic OH excluding ortho intramolecular Hbond substituents is 2. The summed E-state index contributed by atoms with van der Waals surface area (Å²) in [6, 6.07) is 14.6. The Morgan fingerprint density at radius 2 is 1.82 bits per heavy atom. The summed E-state index contributed by atoms with van der Waals surface area (Å²) in [4.78, 5) is 0. The zero-order valence-electron chi connectivity index (χ0n) is 12.7. The summed E-state index contributed by atoms with van der Waals surface area (Å²) in [5, 5.41) is 20.5. The smallest absolute Gasteiger partial charge is 0.161 e. The number of aromatic nitrogens is 1. The van der Waals surface area contributed by atoms with Gasteiger partial charge in [-0.15, -0.1) is 0 Å². The molecule has 22 heavy (non-hydrogen) atoms. The van der Waals surface area contributed by atoms with E-state index < -0.39 is 0 Å². The maximum atomic E-state index is 9.78. The lowest BCUT2D eigenvalue weighted by molar-refractivity contribution is 0.278. The van der Waals surface area contributed by atoms with Crippen LogP contribution in [-0.4, -0.2) is 14.8 Å². The Hall–Kier alpha value is -2.62. The van der Waals surface area contributed by atoms with E-state index in [0.717, 1.165) is 16.6 Å². The van der Waals surface area contributed by atoms with E-state index in [1.54, 1.807) is 30.3 Å². The third-order valence-corrected chi connectivity index (χ3v) is 3.66. The highest BCUT2D eigenvalue weighted by atomic mass is 16.5. The molecule has 4 heteroatoms. The van der Waals surface area contributed by atoms with Crippen LogP contribution in [0.5, 0.6) is 17.2 Å². The van der Waals surface area contributed by atoms with Crippen molar-refractivity contribution in [1.82, 2.24) is 4.57 Å². The van der Waals surface area contributed by atoms with Crippen LogP contribution in [0.15, 0.2) is 48.5 Å². The van der Waals surface area contributed by atoms with Crippen molar-refractivity contribution in [3.05, 3.63) is 54.2 Å². The van der Waals surface area contributed by atoms with Gasteiger partial charge in [-0.25, -0.2) is 0 Å². The van der Waals surface area contributed by atoms with Crippen molar-refractivity contribution in [1.29, 1.82) is 0 Å². The minimum Gasteiger partial charge on any atom is -0.508 e. The summed E-state index contributed by atoms with van der Waals surface area (Å²) < 4.78 is 7.87. The summed E-state index contributed by atoms with van der Waals surface area (Å²) >= 11 is 0. The van der Waals surface area contributed by atoms with Gasteiger partial charge in [0.1, 0.15) is 12.4 Å². The van der Waals surface area contributed by atoms with Crippen molar-refractivity contribution in [2.45, 2.75) is 26.5 Å². The minimum atomic E-state index is 0.132. The number of nitrogens with zero attached hydrogens (tertiary/aromatic N) is 1. The van der Waals surface area contributed by atoms with Gasteiger partial charge in [0, 0.05) is 17.5 Å². The first kappa shape index (κ1) is 14.3. The van der Waals surface area contributed by atoms with Crippen LogP contribution in [0, 0.1) is 0 Å². The summed E-state index contributed by atoms with van der Waals surface area (Å²) in [6.07, 6.45) is 0. The van der Waals surface area contributed by atoms with Crippen molar-refractivity contribution in [3.63, 3.8) is 0 Å². The van der Waals surface area contributed by atoms with Crippen LogP contribution in [0.3, 0.4) is 0 Å². The van der Waals surface area contributed by atoms with Crippen molar-refractivity contribution < 1.29 is 14.9 Å². The molecule has 0 saturated carbocycles. The Kier molecular flexibility index (Phi) is 3.67. The predicted octanol–water partition coefficient (Wildman–Crippen LogP) is 4.21. The first-order valence-electron chi connectivity index (χ1n) is 7.30. The van der Waals surface area contributed by atoms with Crippen LogP contribution < -0.4 is 4.74 Å². The largest absolute Gasteiger partial charge is 0.508 e. The van der Waals surface area contributed by atoms with Crippen molar-refractivity contribution in [2.24, 2.45) is 0 Å². The molecule has 2 aromatic carbocycles. The summed E-state index contributed by atoms with van der Waals surface area (Å²) in [6.45, 7) is 4.53. The van der Waals surface area contributed by atoms with Gasteiger partial charge >= 0.3 is 0 Å². The highest BCUT2D eigenvalue weighted by Gasteiger charge is 2.13. The van der Waals surface area contributed by atoms with Gasteiger partial charge in [-0.3, -0.25) is 0 Å². The van der Waals surface area contributed by atoms with E-state index in [9.17, 15) is 10.2 Å². The van der Waals surface area contributed by atoms with E-state index in [1.165, 1.54) is 0 Å². The normalized spacial score (nSPS) is 11.2. The average Bonchev–Trinajstić information content (AvgIpc) is 2.84. The van der Waals surface area contributed by atoms with Crippen LogP contribution in [0.1, 0.15) is 25.6 Å². The minimum absolute atomic E-state index is 0.132. The Labute approximate surface area is 129 Å². The number of para-hydroxylation sites is 2. The molecular weight excluding hydrogens is 278 g/mol. The highest BCUT2D eigenvalue weighted by Crippen LogP contribution is 2.30. The van der Waals surface area contributed by atoms with Crippen LogP contribution in [0.4, 0.5) is 0 Å². The molecule has 0 unspecified atom stereocenters. The van der Waals surface area contributed by atoms with Crippen molar-refractivity contribution in [3.8, 4) is 17.2 Å². The van der Waals surface area contributed by atoms with E-state index in [0.29, 0.717) is 12.4 Å². The molecule has 1 aromatic heterocycles. The van der Waals surface area contributed by atoms with Gasteiger partial charge in [0.15, 0.2) is 11.5 Å². The quantitative estimate of drug-likeness (QED) is 0.758. The third kappa shape index (κ3) is 2.60. The van der Waals surface area contributed by atoms with E-state index >= 15 is 0 Å². The number of hydrogen-bond donors (Lipinski definition) is 2. The molecule has 0 fully saturated rings. The van der Waals surface area contributed by atoms with Gasteiger partial charge in [0.05, 0.1) is 11.2 Å². The summed E-state index contributed by atoms with van der Waals surface area (Å²) in [5.74, 6) is 0.846. The molecule has 0 spiro atoms. The highest BCUT2D eigenvalue weighted by molar-refractivity contribution is 5.83. The van der Waals surface area contributed by atoms with E-state index in [4.69, 9.17) is 4.74 Å². The number of aromatic hydroxyl groups is 2. The zero-order chi connectivity index (χ0) is 15.7. The van der Waals surface area contributed by atoms with E-state index in [1.807, 2.05) is 12.1 Å². The maximum Gasteiger partial charge on any atom is 0.161 e. The molecule has 3 rings (SSSR count). The molecule has 0 saturated heterocycles. The molecule has 114 valence electrons.